The van der Waals surface area contributed by atoms with Crippen molar-refractivity contribution in [3.8, 4) is 0 Å². The number of carbonyl (C=O) groups excluding carboxylic acids is 2. The number of Topliss-reactive ketones (excluding diaryl/α,β-unsaturated/α-hetero) is 1. The highest BCUT2D eigenvalue weighted by atomic mass is 16.6. The average molecular weight is 437 g/mol. The molecule has 1 unspecified atom stereocenters. The van der Waals surface area contributed by atoms with Crippen LogP contribution in [0.25, 0.3) is 5.76 Å². The number of hydrogen-bond donors (Lipinski definition) is 1. The number of rotatable bonds is 9. The van der Waals surface area contributed by atoms with E-state index < -0.39 is 28.4 Å². The zero-order valence-corrected chi connectivity index (χ0v) is 18.2. The molecule has 1 atom stereocenters. The molecule has 8 nitrogen and oxygen atoms in total. The van der Waals surface area contributed by atoms with E-state index in [0.29, 0.717) is 24.1 Å². The van der Waals surface area contributed by atoms with Crippen LogP contribution >= 0.6 is 0 Å². The van der Waals surface area contributed by atoms with Gasteiger partial charge in [0.05, 0.1) is 30.6 Å². The number of non-ortho nitro benzene ring substituents is 1. The number of nitrogens with zero attached hydrogens (tertiary/aromatic N) is 2. The number of benzene rings is 2. The van der Waals surface area contributed by atoms with Crippen LogP contribution in [-0.2, 0) is 9.59 Å². The third-order valence-electron chi connectivity index (χ3n) is 5.91. The fourth-order valence-electron chi connectivity index (χ4n) is 4.07. The first-order valence-corrected chi connectivity index (χ1v) is 10.8. The van der Waals surface area contributed by atoms with Crippen molar-refractivity contribution in [2.45, 2.75) is 26.3 Å². The van der Waals surface area contributed by atoms with Crippen molar-refractivity contribution in [1.82, 2.24) is 4.90 Å². The summed E-state index contributed by atoms with van der Waals surface area (Å²) in [6.07, 6.45) is 0.673. The Morgan fingerprint density at radius 2 is 1.66 bits per heavy atom. The molecule has 0 saturated carbocycles. The summed E-state index contributed by atoms with van der Waals surface area (Å²) >= 11 is 0. The van der Waals surface area contributed by atoms with Crippen molar-refractivity contribution in [2.24, 2.45) is 0 Å². The van der Waals surface area contributed by atoms with Gasteiger partial charge in [0.1, 0.15) is 0 Å². The Bertz CT molecular complexity index is 1010. The summed E-state index contributed by atoms with van der Waals surface area (Å²) in [6, 6.07) is 13.2. The molecule has 2 aromatic rings. The first-order chi connectivity index (χ1) is 15.4. The predicted octanol–water partition coefficient (Wildman–Crippen LogP) is 1.13. The van der Waals surface area contributed by atoms with Gasteiger partial charge in [-0.2, -0.15) is 0 Å². The maximum absolute atomic E-state index is 13.2. The Morgan fingerprint density at radius 3 is 2.22 bits per heavy atom. The first-order valence-electron chi connectivity index (χ1n) is 10.8. The number of amides is 1. The van der Waals surface area contributed by atoms with Gasteiger partial charge in [-0.1, -0.05) is 36.1 Å². The number of ketones is 1. The van der Waals surface area contributed by atoms with Gasteiger partial charge in [0.25, 0.3) is 11.6 Å². The molecule has 1 N–H and O–H groups in total. The maximum Gasteiger partial charge on any atom is 0.295 e. The van der Waals surface area contributed by atoms with Crippen molar-refractivity contribution in [2.75, 3.05) is 26.2 Å². The maximum atomic E-state index is 13.2. The Kier molecular flexibility index (Phi) is 7.37. The molecular weight excluding hydrogens is 410 g/mol. The van der Waals surface area contributed by atoms with Crippen molar-refractivity contribution < 1.29 is 24.5 Å². The van der Waals surface area contributed by atoms with E-state index >= 15 is 0 Å². The molecule has 0 spiro atoms. The van der Waals surface area contributed by atoms with Crippen molar-refractivity contribution in [3.63, 3.8) is 0 Å². The van der Waals surface area contributed by atoms with E-state index in [0.717, 1.165) is 19.6 Å². The molecule has 2 aromatic carbocycles. The summed E-state index contributed by atoms with van der Waals surface area (Å²) in [6.45, 7) is 7.25. The smallest absolute Gasteiger partial charge is 0.295 e. The molecule has 8 heteroatoms. The first kappa shape index (κ1) is 23.1. The van der Waals surface area contributed by atoms with Crippen LogP contribution in [0.15, 0.2) is 60.2 Å². The van der Waals surface area contributed by atoms with Crippen molar-refractivity contribution in [1.29, 1.82) is 0 Å². The van der Waals surface area contributed by atoms with Gasteiger partial charge in [-0.15, -0.1) is 0 Å². The lowest BCUT2D eigenvalue weighted by molar-refractivity contribution is -0.896. The van der Waals surface area contributed by atoms with Gasteiger partial charge in [0, 0.05) is 30.7 Å². The molecule has 0 aliphatic carbocycles. The number of carbonyl (C=O) groups is 2. The highest BCUT2D eigenvalue weighted by Gasteiger charge is 2.44. The van der Waals surface area contributed by atoms with Crippen LogP contribution in [0.5, 0.6) is 0 Å². The lowest BCUT2D eigenvalue weighted by Crippen LogP contribution is -3.11. The largest absolute Gasteiger partial charge is 0.872 e. The monoisotopic (exact) mass is 437 g/mol. The number of hydrogen-bond acceptors (Lipinski definition) is 5. The van der Waals surface area contributed by atoms with Gasteiger partial charge >= 0.3 is 0 Å². The number of nitro benzene ring substituents is 1. The second kappa shape index (κ2) is 10.2. The normalized spacial score (nSPS) is 17.8. The molecule has 1 aliphatic rings. The summed E-state index contributed by atoms with van der Waals surface area (Å²) in [5, 5.41) is 24.3. The fourth-order valence-corrected chi connectivity index (χ4v) is 4.07. The van der Waals surface area contributed by atoms with Gasteiger partial charge in [0.2, 0.25) is 5.78 Å². The molecule has 1 amide bonds. The minimum Gasteiger partial charge on any atom is -0.872 e. The van der Waals surface area contributed by atoms with E-state index in [1.807, 2.05) is 0 Å². The molecule has 0 radical (unpaired) electrons. The highest BCUT2D eigenvalue weighted by molar-refractivity contribution is 6.46. The standard InChI is InChI=1S/C24H27N3O5/c1-3-25(4-2)15-8-16-26-21(17-11-13-19(14-12-17)27(31)32)20(23(29)24(26)30)22(28)18-9-6-5-7-10-18/h5-7,9-14,21,28H,3-4,8,15-16H2,1-2H3. The van der Waals surface area contributed by atoms with Crippen molar-refractivity contribution >= 4 is 23.1 Å². The van der Waals surface area contributed by atoms with Crippen LogP contribution in [0.4, 0.5) is 5.69 Å². The summed E-state index contributed by atoms with van der Waals surface area (Å²) in [7, 11) is 0. The summed E-state index contributed by atoms with van der Waals surface area (Å²) in [5.74, 6) is -2.01. The minimum atomic E-state index is -0.866. The Morgan fingerprint density at radius 1 is 1.03 bits per heavy atom. The van der Waals surface area contributed by atoms with Crippen molar-refractivity contribution in [3.05, 3.63) is 81.4 Å². The molecule has 1 aliphatic heterocycles. The quantitative estimate of drug-likeness (QED) is 0.208. The molecule has 3 rings (SSSR count). The second-order valence-electron chi connectivity index (χ2n) is 7.75. The SMILES string of the molecule is CC[NH+](CC)CCCN1C(=O)C(=O)C(=C([O-])c2ccccc2)C1c1ccc([N+](=O)[O-])cc1. The molecule has 32 heavy (non-hydrogen) atoms. The number of quaternary nitrogens is 1. The van der Waals surface area contributed by atoms with Crippen LogP contribution in [0.1, 0.15) is 37.4 Å². The highest BCUT2D eigenvalue weighted by Crippen LogP contribution is 2.39. The molecule has 0 bridgehead atoms. The lowest BCUT2D eigenvalue weighted by Gasteiger charge is -2.28. The minimum absolute atomic E-state index is 0.1000. The Labute approximate surface area is 186 Å². The summed E-state index contributed by atoms with van der Waals surface area (Å²) < 4.78 is 0. The number of nitrogens with one attached hydrogen (secondary N) is 1. The molecule has 0 aromatic heterocycles. The molecule has 1 heterocycles. The average Bonchev–Trinajstić information content (AvgIpc) is 3.07. The van der Waals surface area contributed by atoms with Gasteiger partial charge in [-0.3, -0.25) is 19.7 Å². The molecular formula is C24H27N3O5. The second-order valence-corrected chi connectivity index (χ2v) is 7.75. The zero-order chi connectivity index (χ0) is 23.3. The van der Waals surface area contributed by atoms with Gasteiger partial charge < -0.3 is 14.9 Å². The Balaban J connectivity index is 2.02. The van der Waals surface area contributed by atoms with Gasteiger partial charge in [-0.25, -0.2) is 0 Å². The van der Waals surface area contributed by atoms with E-state index in [2.05, 4.69) is 13.8 Å². The van der Waals surface area contributed by atoms with Crippen LogP contribution in [-0.4, -0.2) is 47.7 Å². The van der Waals surface area contributed by atoms with E-state index in [9.17, 15) is 24.8 Å². The van der Waals surface area contributed by atoms with Crippen LogP contribution in [0.2, 0.25) is 0 Å². The summed E-state index contributed by atoms with van der Waals surface area (Å²) in [5.41, 5.74) is 0.622. The van der Waals surface area contributed by atoms with E-state index in [4.69, 9.17) is 0 Å². The third kappa shape index (κ3) is 4.70. The van der Waals surface area contributed by atoms with Gasteiger partial charge in [-0.05, 0) is 37.1 Å². The topological polar surface area (TPSA) is 108 Å². The molecule has 168 valence electrons. The fraction of sp³-hybridized carbons (Fsp3) is 0.333. The zero-order valence-electron chi connectivity index (χ0n) is 18.2. The summed E-state index contributed by atoms with van der Waals surface area (Å²) in [4.78, 5) is 39.2. The predicted molar refractivity (Wildman–Crippen MR) is 117 cm³/mol. The van der Waals surface area contributed by atoms with Gasteiger partial charge in [0.15, 0.2) is 0 Å². The van der Waals surface area contributed by atoms with Crippen LogP contribution in [0, 0.1) is 10.1 Å². The Hall–Kier alpha value is -3.52. The van der Waals surface area contributed by atoms with E-state index in [1.165, 1.54) is 34.1 Å². The third-order valence-corrected chi connectivity index (χ3v) is 5.91. The molecule has 1 saturated heterocycles. The van der Waals surface area contributed by atoms with E-state index in [1.54, 1.807) is 30.3 Å². The van der Waals surface area contributed by atoms with E-state index in [-0.39, 0.29) is 11.3 Å². The number of likely N-dealkylation sites (tertiary alicyclic amines) is 1. The van der Waals surface area contributed by atoms with Crippen LogP contribution in [0.3, 0.4) is 0 Å². The molecule has 1 fully saturated rings. The van der Waals surface area contributed by atoms with Crippen LogP contribution < -0.4 is 10.0 Å². The lowest BCUT2D eigenvalue weighted by atomic mass is 9.95. The number of nitro groups is 1.